The Hall–Kier alpha value is -1.39. The molecule has 2 aromatic rings. The second-order valence-electron chi connectivity index (χ2n) is 4.78. The van der Waals surface area contributed by atoms with Crippen LogP contribution in [0, 0.1) is 5.82 Å². The molecule has 0 aliphatic carbocycles. The van der Waals surface area contributed by atoms with Crippen LogP contribution in [0.2, 0.25) is 0 Å². The summed E-state index contributed by atoms with van der Waals surface area (Å²) in [6.45, 7) is 2.77. The van der Waals surface area contributed by atoms with Crippen LogP contribution in [0.3, 0.4) is 0 Å². The van der Waals surface area contributed by atoms with Crippen molar-refractivity contribution >= 4 is 15.9 Å². The highest BCUT2D eigenvalue weighted by atomic mass is 79.9. The largest absolute Gasteiger partial charge is 0.494 e. The molecule has 0 saturated heterocycles. The average molecular weight is 352 g/mol. The molecule has 21 heavy (non-hydrogen) atoms. The summed E-state index contributed by atoms with van der Waals surface area (Å²) >= 11 is 3.23. The van der Waals surface area contributed by atoms with Crippen LogP contribution in [0.5, 0.6) is 5.75 Å². The van der Waals surface area contributed by atoms with Crippen molar-refractivity contribution < 1.29 is 9.13 Å². The van der Waals surface area contributed by atoms with Crippen molar-refractivity contribution in [3.63, 3.8) is 0 Å². The Morgan fingerprint density at radius 1 is 1.19 bits per heavy atom. The molecule has 1 atom stereocenters. The van der Waals surface area contributed by atoms with Gasteiger partial charge >= 0.3 is 0 Å². The lowest BCUT2D eigenvalue weighted by Gasteiger charge is -2.19. The molecule has 0 saturated carbocycles. The van der Waals surface area contributed by atoms with E-state index in [0.717, 1.165) is 17.7 Å². The highest BCUT2D eigenvalue weighted by molar-refractivity contribution is 9.10. The van der Waals surface area contributed by atoms with Gasteiger partial charge in [0.2, 0.25) is 0 Å². The number of halogens is 2. The SMILES string of the molecule is CCCOc1ccc(C(NC)c2cccc(Br)c2F)cc1. The highest BCUT2D eigenvalue weighted by Crippen LogP contribution is 2.29. The molecule has 2 aromatic carbocycles. The summed E-state index contributed by atoms with van der Waals surface area (Å²) in [5.41, 5.74) is 1.62. The molecule has 0 amide bonds. The van der Waals surface area contributed by atoms with Crippen molar-refractivity contribution in [2.75, 3.05) is 13.7 Å². The van der Waals surface area contributed by atoms with E-state index in [-0.39, 0.29) is 11.9 Å². The Kier molecular flexibility index (Phi) is 5.76. The molecule has 0 fully saturated rings. The van der Waals surface area contributed by atoms with Gasteiger partial charge in [-0.2, -0.15) is 0 Å². The first-order valence-corrected chi connectivity index (χ1v) is 7.80. The van der Waals surface area contributed by atoms with Crippen molar-refractivity contribution in [3.05, 3.63) is 63.9 Å². The molecule has 112 valence electrons. The van der Waals surface area contributed by atoms with Gasteiger partial charge in [-0.25, -0.2) is 4.39 Å². The molecule has 2 nitrogen and oxygen atoms in total. The quantitative estimate of drug-likeness (QED) is 0.815. The van der Waals surface area contributed by atoms with Crippen LogP contribution in [-0.2, 0) is 0 Å². The first-order valence-electron chi connectivity index (χ1n) is 7.01. The molecule has 1 N–H and O–H groups in total. The van der Waals surface area contributed by atoms with Crippen LogP contribution in [0.1, 0.15) is 30.5 Å². The summed E-state index contributed by atoms with van der Waals surface area (Å²) in [5.74, 6) is 0.605. The maximum absolute atomic E-state index is 14.3. The van der Waals surface area contributed by atoms with Gasteiger partial charge in [0.25, 0.3) is 0 Å². The van der Waals surface area contributed by atoms with Gasteiger partial charge in [-0.1, -0.05) is 31.2 Å². The third-order valence-corrected chi connectivity index (χ3v) is 3.88. The number of nitrogens with one attached hydrogen (secondary N) is 1. The van der Waals surface area contributed by atoms with Crippen molar-refractivity contribution in [3.8, 4) is 5.75 Å². The first-order chi connectivity index (χ1) is 10.2. The van der Waals surface area contributed by atoms with Crippen LogP contribution in [0.25, 0.3) is 0 Å². The van der Waals surface area contributed by atoms with E-state index >= 15 is 0 Å². The Balaban J connectivity index is 2.27. The topological polar surface area (TPSA) is 21.3 Å². The Morgan fingerprint density at radius 2 is 1.90 bits per heavy atom. The molecule has 0 aliphatic heterocycles. The fraction of sp³-hybridized carbons (Fsp3) is 0.294. The smallest absolute Gasteiger partial charge is 0.142 e. The van der Waals surface area contributed by atoms with E-state index in [2.05, 4.69) is 28.2 Å². The van der Waals surface area contributed by atoms with Crippen molar-refractivity contribution in [1.82, 2.24) is 5.32 Å². The standard InChI is InChI=1S/C17H19BrFNO/c1-3-11-21-13-9-7-12(8-10-13)17(20-2)14-5-4-6-15(18)16(14)19/h4-10,17,20H,3,11H2,1-2H3. The van der Waals surface area contributed by atoms with Crippen molar-refractivity contribution in [2.45, 2.75) is 19.4 Å². The van der Waals surface area contributed by atoms with E-state index < -0.39 is 0 Å². The predicted octanol–water partition coefficient (Wildman–Crippen LogP) is 4.69. The molecule has 0 aromatic heterocycles. The normalized spacial score (nSPS) is 12.2. The summed E-state index contributed by atoms with van der Waals surface area (Å²) in [7, 11) is 1.83. The Bertz CT molecular complexity index is 586. The van der Waals surface area contributed by atoms with Crippen LogP contribution in [-0.4, -0.2) is 13.7 Å². The fourth-order valence-corrected chi connectivity index (χ4v) is 2.60. The average Bonchev–Trinajstić information content (AvgIpc) is 2.51. The molecular formula is C17H19BrFNO. The van der Waals surface area contributed by atoms with Gasteiger partial charge in [0.15, 0.2) is 0 Å². The molecule has 4 heteroatoms. The van der Waals surface area contributed by atoms with Gasteiger partial charge in [0.05, 0.1) is 17.1 Å². The summed E-state index contributed by atoms with van der Waals surface area (Å²) in [5, 5.41) is 3.16. The Morgan fingerprint density at radius 3 is 2.52 bits per heavy atom. The number of rotatable bonds is 6. The summed E-state index contributed by atoms with van der Waals surface area (Å²) in [4.78, 5) is 0. The van der Waals surface area contributed by atoms with E-state index in [1.807, 2.05) is 37.4 Å². The zero-order chi connectivity index (χ0) is 15.2. The summed E-state index contributed by atoms with van der Waals surface area (Å²) < 4.78 is 20.3. The second-order valence-corrected chi connectivity index (χ2v) is 5.64. The van der Waals surface area contributed by atoms with Gasteiger partial charge in [0, 0.05) is 5.56 Å². The lowest BCUT2D eigenvalue weighted by Crippen LogP contribution is -2.19. The van der Waals surface area contributed by atoms with Crippen LogP contribution in [0.15, 0.2) is 46.9 Å². The number of hydrogen-bond donors (Lipinski definition) is 1. The number of hydrogen-bond acceptors (Lipinski definition) is 2. The van der Waals surface area contributed by atoms with Crippen LogP contribution >= 0.6 is 15.9 Å². The molecule has 2 rings (SSSR count). The molecule has 1 unspecified atom stereocenters. The third-order valence-electron chi connectivity index (χ3n) is 3.27. The van der Waals surface area contributed by atoms with E-state index in [1.54, 1.807) is 12.1 Å². The third kappa shape index (κ3) is 3.83. The maximum atomic E-state index is 14.3. The monoisotopic (exact) mass is 351 g/mol. The minimum absolute atomic E-state index is 0.192. The molecule has 0 radical (unpaired) electrons. The second kappa shape index (κ2) is 7.57. The minimum atomic E-state index is -0.233. The Labute approximate surface area is 133 Å². The minimum Gasteiger partial charge on any atom is -0.494 e. The van der Waals surface area contributed by atoms with Crippen LogP contribution < -0.4 is 10.1 Å². The van der Waals surface area contributed by atoms with Gasteiger partial charge in [-0.05, 0) is 53.2 Å². The fourth-order valence-electron chi connectivity index (χ4n) is 2.22. The summed E-state index contributed by atoms with van der Waals surface area (Å²) in [6, 6.07) is 12.9. The predicted molar refractivity (Wildman–Crippen MR) is 87.2 cm³/mol. The van der Waals surface area contributed by atoms with E-state index in [0.29, 0.717) is 16.6 Å². The van der Waals surface area contributed by atoms with Gasteiger partial charge in [-0.3, -0.25) is 0 Å². The van der Waals surface area contributed by atoms with Crippen molar-refractivity contribution in [2.24, 2.45) is 0 Å². The molecule has 0 bridgehead atoms. The lowest BCUT2D eigenvalue weighted by atomic mass is 9.98. The highest BCUT2D eigenvalue weighted by Gasteiger charge is 2.17. The van der Waals surface area contributed by atoms with Gasteiger partial charge in [0.1, 0.15) is 11.6 Å². The zero-order valence-corrected chi connectivity index (χ0v) is 13.8. The number of ether oxygens (including phenoxy) is 1. The lowest BCUT2D eigenvalue weighted by molar-refractivity contribution is 0.317. The molecule has 0 aliphatic rings. The van der Waals surface area contributed by atoms with Crippen molar-refractivity contribution in [1.29, 1.82) is 0 Å². The van der Waals surface area contributed by atoms with E-state index in [9.17, 15) is 4.39 Å². The number of benzene rings is 2. The summed E-state index contributed by atoms with van der Waals surface area (Å²) in [6.07, 6.45) is 0.976. The van der Waals surface area contributed by atoms with E-state index in [1.165, 1.54) is 0 Å². The van der Waals surface area contributed by atoms with Gasteiger partial charge < -0.3 is 10.1 Å². The molecule has 0 heterocycles. The van der Waals surface area contributed by atoms with Gasteiger partial charge in [-0.15, -0.1) is 0 Å². The van der Waals surface area contributed by atoms with Crippen LogP contribution in [0.4, 0.5) is 4.39 Å². The zero-order valence-electron chi connectivity index (χ0n) is 12.2. The first kappa shape index (κ1) is 16.0. The van der Waals surface area contributed by atoms with E-state index in [4.69, 9.17) is 4.74 Å². The molecule has 0 spiro atoms. The molecular weight excluding hydrogens is 333 g/mol. The maximum Gasteiger partial charge on any atom is 0.142 e.